The minimum absolute atomic E-state index is 0.325. The average Bonchev–Trinajstić information content (AvgIpc) is 2.28. The zero-order chi connectivity index (χ0) is 12.5. The monoisotopic (exact) mass is 296 g/mol. The summed E-state index contributed by atoms with van der Waals surface area (Å²) in [6, 6.07) is 7.36. The first-order chi connectivity index (χ1) is 7.99. The number of hydrogen-bond acceptors (Lipinski definition) is 2. The SMILES string of the molecule is NC1C=C(F)C=CC1(N)Cc1ccc(Br)cc1. The van der Waals surface area contributed by atoms with Gasteiger partial charge in [-0.25, -0.2) is 4.39 Å². The Labute approximate surface area is 108 Å². The van der Waals surface area contributed by atoms with Crippen molar-refractivity contribution in [1.29, 1.82) is 0 Å². The van der Waals surface area contributed by atoms with Gasteiger partial charge in [0.2, 0.25) is 0 Å². The first kappa shape index (κ1) is 12.5. The van der Waals surface area contributed by atoms with Crippen LogP contribution in [0.3, 0.4) is 0 Å². The van der Waals surface area contributed by atoms with Crippen LogP contribution in [0.5, 0.6) is 0 Å². The third-order valence-corrected chi connectivity index (χ3v) is 3.46. The lowest BCUT2D eigenvalue weighted by Crippen LogP contribution is -2.55. The van der Waals surface area contributed by atoms with Crippen LogP contribution in [0.1, 0.15) is 5.56 Å². The van der Waals surface area contributed by atoms with E-state index in [0.29, 0.717) is 6.42 Å². The molecule has 17 heavy (non-hydrogen) atoms. The molecule has 1 aliphatic rings. The van der Waals surface area contributed by atoms with Gasteiger partial charge in [0, 0.05) is 10.5 Å². The van der Waals surface area contributed by atoms with Crippen molar-refractivity contribution in [2.45, 2.75) is 18.0 Å². The molecule has 4 heteroatoms. The zero-order valence-electron chi connectivity index (χ0n) is 9.24. The van der Waals surface area contributed by atoms with Gasteiger partial charge in [-0.2, -0.15) is 0 Å². The Kier molecular flexibility index (Phi) is 3.47. The second-order valence-electron chi connectivity index (χ2n) is 4.33. The molecular formula is C13H14BrFN2. The number of nitrogens with two attached hydrogens (primary N) is 2. The molecule has 0 aliphatic heterocycles. The summed E-state index contributed by atoms with van der Waals surface area (Å²) < 4.78 is 14.0. The van der Waals surface area contributed by atoms with Crippen LogP contribution in [0.25, 0.3) is 0 Å². The third-order valence-electron chi connectivity index (χ3n) is 2.94. The second kappa shape index (κ2) is 4.72. The van der Waals surface area contributed by atoms with E-state index in [-0.39, 0.29) is 5.83 Å². The fraction of sp³-hybridized carbons (Fsp3) is 0.231. The maximum Gasteiger partial charge on any atom is 0.120 e. The Morgan fingerprint density at radius 3 is 2.53 bits per heavy atom. The van der Waals surface area contributed by atoms with Gasteiger partial charge in [0.15, 0.2) is 0 Å². The lowest BCUT2D eigenvalue weighted by molar-refractivity contribution is 0.453. The minimum atomic E-state index is -0.719. The fourth-order valence-electron chi connectivity index (χ4n) is 1.86. The van der Waals surface area contributed by atoms with E-state index in [0.717, 1.165) is 10.0 Å². The third kappa shape index (κ3) is 2.83. The lowest BCUT2D eigenvalue weighted by Gasteiger charge is -2.33. The molecule has 4 N–H and O–H groups in total. The van der Waals surface area contributed by atoms with E-state index >= 15 is 0 Å². The summed E-state index contributed by atoms with van der Waals surface area (Å²) in [5, 5.41) is 0. The van der Waals surface area contributed by atoms with Crippen molar-refractivity contribution in [1.82, 2.24) is 0 Å². The van der Waals surface area contributed by atoms with Gasteiger partial charge in [-0.15, -0.1) is 0 Å². The fourth-order valence-corrected chi connectivity index (χ4v) is 2.13. The van der Waals surface area contributed by atoms with E-state index in [2.05, 4.69) is 15.9 Å². The standard InChI is InChI=1S/C13H14BrFN2/c14-10-3-1-9(2-4-10)8-13(17)6-5-11(15)7-12(13)16/h1-7,12H,8,16-17H2. The maximum absolute atomic E-state index is 13.0. The lowest BCUT2D eigenvalue weighted by atomic mass is 9.82. The molecule has 1 aromatic carbocycles. The smallest absolute Gasteiger partial charge is 0.120 e. The van der Waals surface area contributed by atoms with Gasteiger partial charge in [0.25, 0.3) is 0 Å². The zero-order valence-corrected chi connectivity index (χ0v) is 10.8. The van der Waals surface area contributed by atoms with Gasteiger partial charge in [-0.1, -0.05) is 34.1 Å². The van der Waals surface area contributed by atoms with E-state index < -0.39 is 11.6 Å². The van der Waals surface area contributed by atoms with E-state index in [9.17, 15) is 4.39 Å². The molecule has 2 atom stereocenters. The molecule has 2 unspecified atom stereocenters. The molecule has 0 aromatic heterocycles. The summed E-state index contributed by atoms with van der Waals surface area (Å²) in [5.41, 5.74) is 12.4. The number of hydrogen-bond donors (Lipinski definition) is 2. The quantitative estimate of drug-likeness (QED) is 0.881. The summed E-state index contributed by atoms with van der Waals surface area (Å²) in [6.07, 6.45) is 4.97. The van der Waals surface area contributed by atoms with E-state index in [1.54, 1.807) is 6.08 Å². The Balaban J connectivity index is 2.18. The van der Waals surface area contributed by atoms with Gasteiger partial charge in [-0.3, -0.25) is 0 Å². The van der Waals surface area contributed by atoms with Gasteiger partial charge < -0.3 is 11.5 Å². The molecule has 0 radical (unpaired) electrons. The van der Waals surface area contributed by atoms with E-state index in [1.165, 1.54) is 12.2 Å². The highest BCUT2D eigenvalue weighted by Crippen LogP contribution is 2.23. The van der Waals surface area contributed by atoms with Crippen molar-refractivity contribution in [3.05, 3.63) is 58.4 Å². The molecule has 0 spiro atoms. The normalized spacial score (nSPS) is 28.0. The number of rotatable bonds is 2. The van der Waals surface area contributed by atoms with Crippen molar-refractivity contribution in [3.63, 3.8) is 0 Å². The molecule has 0 saturated heterocycles. The van der Waals surface area contributed by atoms with Crippen LogP contribution in [0.15, 0.2) is 52.8 Å². The molecule has 1 aromatic rings. The summed E-state index contributed by atoms with van der Waals surface area (Å²) in [7, 11) is 0. The maximum atomic E-state index is 13.0. The van der Waals surface area contributed by atoms with Crippen LogP contribution in [-0.4, -0.2) is 11.6 Å². The summed E-state index contributed by atoms with van der Waals surface area (Å²) in [6.45, 7) is 0. The van der Waals surface area contributed by atoms with Crippen molar-refractivity contribution in [3.8, 4) is 0 Å². The van der Waals surface area contributed by atoms with Gasteiger partial charge >= 0.3 is 0 Å². The molecule has 1 aliphatic carbocycles. The minimum Gasteiger partial charge on any atom is -0.323 e. The Morgan fingerprint density at radius 1 is 1.29 bits per heavy atom. The average molecular weight is 297 g/mol. The second-order valence-corrected chi connectivity index (χ2v) is 5.24. The largest absolute Gasteiger partial charge is 0.323 e. The molecule has 0 saturated carbocycles. The molecule has 2 rings (SSSR count). The van der Waals surface area contributed by atoms with Gasteiger partial charge in [-0.05, 0) is 36.3 Å². The Morgan fingerprint density at radius 2 is 1.94 bits per heavy atom. The number of halogens is 2. The van der Waals surface area contributed by atoms with Crippen LogP contribution in [0, 0.1) is 0 Å². The highest BCUT2D eigenvalue weighted by Gasteiger charge is 2.31. The first-order valence-electron chi connectivity index (χ1n) is 5.35. The van der Waals surface area contributed by atoms with E-state index in [4.69, 9.17) is 11.5 Å². The Hall–Kier alpha value is -0.970. The molecule has 90 valence electrons. The predicted octanol–water partition coefficient (Wildman–Crippen LogP) is 2.44. The van der Waals surface area contributed by atoms with Gasteiger partial charge in [0.1, 0.15) is 5.83 Å². The number of benzene rings is 1. The van der Waals surface area contributed by atoms with Crippen molar-refractivity contribution in [2.75, 3.05) is 0 Å². The summed E-state index contributed by atoms with van der Waals surface area (Å²) in [5.74, 6) is -0.325. The van der Waals surface area contributed by atoms with Crippen LogP contribution in [0.2, 0.25) is 0 Å². The van der Waals surface area contributed by atoms with Crippen molar-refractivity contribution >= 4 is 15.9 Å². The molecule has 2 nitrogen and oxygen atoms in total. The topological polar surface area (TPSA) is 52.0 Å². The van der Waals surface area contributed by atoms with Gasteiger partial charge in [0.05, 0.1) is 5.54 Å². The number of allylic oxidation sites excluding steroid dienone is 2. The summed E-state index contributed by atoms with van der Waals surface area (Å²) >= 11 is 3.37. The van der Waals surface area contributed by atoms with Crippen LogP contribution >= 0.6 is 15.9 Å². The van der Waals surface area contributed by atoms with Crippen LogP contribution in [-0.2, 0) is 6.42 Å². The van der Waals surface area contributed by atoms with Crippen LogP contribution < -0.4 is 11.5 Å². The molecule has 0 bridgehead atoms. The van der Waals surface area contributed by atoms with Crippen molar-refractivity contribution in [2.24, 2.45) is 11.5 Å². The molecule has 0 heterocycles. The predicted molar refractivity (Wildman–Crippen MR) is 71.1 cm³/mol. The molecular weight excluding hydrogens is 283 g/mol. The molecule has 0 amide bonds. The van der Waals surface area contributed by atoms with Crippen LogP contribution in [0.4, 0.5) is 4.39 Å². The summed E-state index contributed by atoms with van der Waals surface area (Å²) in [4.78, 5) is 0. The van der Waals surface area contributed by atoms with E-state index in [1.807, 2.05) is 24.3 Å². The Bertz CT molecular complexity index is 467. The highest BCUT2D eigenvalue weighted by molar-refractivity contribution is 9.10. The first-order valence-corrected chi connectivity index (χ1v) is 6.14. The van der Waals surface area contributed by atoms with Crippen molar-refractivity contribution < 1.29 is 4.39 Å². The highest BCUT2D eigenvalue weighted by atomic mass is 79.9. The molecule has 0 fully saturated rings.